The largest absolute Gasteiger partial charge is 0.497 e. The third kappa shape index (κ3) is 4.14. The van der Waals surface area contributed by atoms with E-state index in [1.807, 2.05) is 36.4 Å². The average molecular weight is 380 g/mol. The maximum Gasteiger partial charge on any atom is 0.331 e. The summed E-state index contributed by atoms with van der Waals surface area (Å²) in [5.41, 5.74) is 5.11. The molecule has 3 rings (SSSR count). The minimum atomic E-state index is -0.185. The van der Waals surface area contributed by atoms with Gasteiger partial charge in [0.2, 0.25) is 5.88 Å². The van der Waals surface area contributed by atoms with Crippen LogP contribution in [0.15, 0.2) is 47.3 Å². The topological polar surface area (TPSA) is 56.4 Å². The fraction of sp³-hybridized carbons (Fsp3) is 0.348. The van der Waals surface area contributed by atoms with Crippen LogP contribution in [0.25, 0.3) is 0 Å². The van der Waals surface area contributed by atoms with Gasteiger partial charge in [0.1, 0.15) is 5.75 Å². The van der Waals surface area contributed by atoms with Crippen LogP contribution >= 0.6 is 0 Å². The number of nitrogens with zero attached hydrogens (tertiary/aromatic N) is 2. The molecular formula is C23H28N2O3. The Balaban J connectivity index is 1.72. The molecule has 0 spiro atoms. The highest BCUT2D eigenvalue weighted by molar-refractivity contribution is 5.31. The molecule has 0 amide bonds. The zero-order chi connectivity index (χ0) is 20.3. The highest BCUT2D eigenvalue weighted by Gasteiger charge is 2.17. The number of rotatable bonds is 7. The predicted octanol–water partition coefficient (Wildman–Crippen LogP) is 3.74. The highest BCUT2D eigenvalue weighted by Crippen LogP contribution is 2.21. The summed E-state index contributed by atoms with van der Waals surface area (Å²) in [6, 6.07) is 14.1. The van der Waals surface area contributed by atoms with Crippen LogP contribution in [0.5, 0.6) is 11.6 Å². The smallest absolute Gasteiger partial charge is 0.331 e. The van der Waals surface area contributed by atoms with E-state index >= 15 is 0 Å². The maximum atomic E-state index is 12.6. The Hall–Kier alpha value is -2.95. The molecule has 0 unspecified atom stereocenters. The molecular weight excluding hydrogens is 352 g/mol. The van der Waals surface area contributed by atoms with Crippen LogP contribution in [0.2, 0.25) is 0 Å². The second-order valence-corrected chi connectivity index (χ2v) is 7.32. The summed E-state index contributed by atoms with van der Waals surface area (Å²) >= 11 is 0. The first kappa shape index (κ1) is 19.8. The second-order valence-electron chi connectivity index (χ2n) is 7.32. The van der Waals surface area contributed by atoms with E-state index < -0.39 is 0 Å². The molecule has 0 saturated carbocycles. The molecule has 148 valence electrons. The van der Waals surface area contributed by atoms with E-state index in [9.17, 15) is 9.90 Å². The zero-order valence-electron chi connectivity index (χ0n) is 17.0. The Bertz CT molecular complexity index is 1010. The lowest BCUT2D eigenvalue weighted by molar-refractivity contribution is 0.414. The van der Waals surface area contributed by atoms with E-state index in [-0.39, 0.29) is 11.6 Å². The summed E-state index contributed by atoms with van der Waals surface area (Å²) < 4.78 is 8.19. The number of aromatic hydroxyl groups is 1. The molecule has 0 aliphatic rings. The van der Waals surface area contributed by atoms with Gasteiger partial charge in [-0.1, -0.05) is 30.3 Å². The van der Waals surface area contributed by atoms with Crippen molar-refractivity contribution in [2.24, 2.45) is 7.05 Å². The van der Waals surface area contributed by atoms with Crippen LogP contribution in [-0.4, -0.2) is 21.4 Å². The van der Waals surface area contributed by atoms with Crippen molar-refractivity contribution in [1.29, 1.82) is 0 Å². The van der Waals surface area contributed by atoms with Crippen molar-refractivity contribution in [1.82, 2.24) is 9.13 Å². The lowest BCUT2D eigenvalue weighted by atomic mass is 10.1. The first-order chi connectivity index (χ1) is 13.4. The lowest BCUT2D eigenvalue weighted by Crippen LogP contribution is -2.23. The molecule has 1 heterocycles. The van der Waals surface area contributed by atoms with Gasteiger partial charge in [0.25, 0.3) is 0 Å². The van der Waals surface area contributed by atoms with Crippen LogP contribution in [-0.2, 0) is 26.4 Å². The molecule has 1 N–H and O–H groups in total. The molecule has 0 atom stereocenters. The molecule has 28 heavy (non-hydrogen) atoms. The summed E-state index contributed by atoms with van der Waals surface area (Å²) in [6.07, 6.45) is 2.37. The van der Waals surface area contributed by atoms with E-state index in [0.717, 1.165) is 24.2 Å². The number of aryl methyl sites for hydroxylation is 3. The van der Waals surface area contributed by atoms with Gasteiger partial charge in [0.15, 0.2) is 0 Å². The number of hydrogen-bond acceptors (Lipinski definition) is 3. The van der Waals surface area contributed by atoms with Crippen LogP contribution in [0.4, 0.5) is 0 Å². The van der Waals surface area contributed by atoms with E-state index in [1.165, 1.54) is 21.3 Å². The molecule has 2 aromatic carbocycles. The van der Waals surface area contributed by atoms with Crippen molar-refractivity contribution < 1.29 is 9.84 Å². The molecule has 0 saturated heterocycles. The Morgan fingerprint density at radius 1 is 0.964 bits per heavy atom. The molecule has 0 bridgehead atoms. The normalized spacial score (nSPS) is 11.0. The van der Waals surface area contributed by atoms with E-state index in [0.29, 0.717) is 18.7 Å². The number of methoxy groups -OCH3 is 1. The third-order valence-corrected chi connectivity index (χ3v) is 5.39. The third-order valence-electron chi connectivity index (χ3n) is 5.39. The first-order valence-electron chi connectivity index (χ1n) is 9.57. The number of benzene rings is 2. The molecule has 5 heteroatoms. The summed E-state index contributed by atoms with van der Waals surface area (Å²) in [7, 11) is 3.38. The summed E-state index contributed by atoms with van der Waals surface area (Å²) in [5, 5.41) is 10.7. The van der Waals surface area contributed by atoms with Gasteiger partial charge in [-0.3, -0.25) is 9.13 Å². The van der Waals surface area contributed by atoms with Crippen molar-refractivity contribution in [3.8, 4) is 11.6 Å². The van der Waals surface area contributed by atoms with Gasteiger partial charge in [-0.25, -0.2) is 4.79 Å². The predicted molar refractivity (Wildman–Crippen MR) is 111 cm³/mol. The SMILES string of the molecule is COc1ccc(CCCc2c(O)n(Cc3ccc(C)c(C)c3)c(=O)n2C)cc1. The van der Waals surface area contributed by atoms with E-state index in [4.69, 9.17) is 4.74 Å². The Kier molecular flexibility index (Phi) is 5.93. The van der Waals surface area contributed by atoms with Crippen LogP contribution in [0, 0.1) is 13.8 Å². The molecule has 0 aliphatic carbocycles. The summed E-state index contributed by atoms with van der Waals surface area (Å²) in [5.74, 6) is 0.910. The Morgan fingerprint density at radius 3 is 2.29 bits per heavy atom. The van der Waals surface area contributed by atoms with E-state index in [1.54, 1.807) is 18.7 Å². The maximum absolute atomic E-state index is 12.6. The lowest BCUT2D eigenvalue weighted by Gasteiger charge is -2.07. The van der Waals surface area contributed by atoms with Gasteiger partial charge in [0, 0.05) is 7.05 Å². The van der Waals surface area contributed by atoms with Crippen molar-refractivity contribution >= 4 is 0 Å². The highest BCUT2D eigenvalue weighted by atomic mass is 16.5. The van der Waals surface area contributed by atoms with Crippen LogP contribution in [0.3, 0.4) is 0 Å². The van der Waals surface area contributed by atoms with E-state index in [2.05, 4.69) is 19.9 Å². The van der Waals surface area contributed by atoms with Gasteiger partial charge in [-0.2, -0.15) is 0 Å². The van der Waals surface area contributed by atoms with Crippen molar-refractivity contribution in [2.75, 3.05) is 7.11 Å². The van der Waals surface area contributed by atoms with Gasteiger partial charge in [-0.05, 0) is 67.5 Å². The van der Waals surface area contributed by atoms with Crippen molar-refractivity contribution in [3.63, 3.8) is 0 Å². The number of hydrogen-bond donors (Lipinski definition) is 1. The standard InChI is InChI=1S/C23H28N2O3/c1-16-8-9-19(14-17(16)2)15-25-22(26)21(24(3)23(25)27)7-5-6-18-10-12-20(28-4)13-11-18/h8-14,26H,5-7,15H2,1-4H3. The Labute approximate surface area is 165 Å². The number of ether oxygens (including phenoxy) is 1. The fourth-order valence-corrected chi connectivity index (χ4v) is 3.45. The number of aromatic nitrogens is 2. The minimum absolute atomic E-state index is 0.0699. The Morgan fingerprint density at radius 2 is 1.64 bits per heavy atom. The van der Waals surface area contributed by atoms with Crippen molar-refractivity contribution in [3.05, 3.63) is 80.9 Å². The van der Waals surface area contributed by atoms with Gasteiger partial charge < -0.3 is 9.84 Å². The molecule has 5 nitrogen and oxygen atoms in total. The van der Waals surface area contributed by atoms with Gasteiger partial charge >= 0.3 is 5.69 Å². The monoisotopic (exact) mass is 380 g/mol. The first-order valence-corrected chi connectivity index (χ1v) is 9.57. The molecule has 0 radical (unpaired) electrons. The van der Waals surface area contributed by atoms with Crippen LogP contribution in [0.1, 0.15) is 34.4 Å². The van der Waals surface area contributed by atoms with Crippen LogP contribution < -0.4 is 10.4 Å². The zero-order valence-corrected chi connectivity index (χ0v) is 17.0. The summed E-state index contributed by atoms with van der Waals surface area (Å²) in [4.78, 5) is 12.6. The molecule has 3 aromatic rings. The quantitative estimate of drug-likeness (QED) is 0.679. The average Bonchev–Trinajstić information content (AvgIpc) is 2.89. The fourth-order valence-electron chi connectivity index (χ4n) is 3.45. The minimum Gasteiger partial charge on any atom is -0.497 e. The molecule has 0 fully saturated rings. The molecule has 0 aliphatic heterocycles. The number of imidazole rings is 1. The van der Waals surface area contributed by atoms with Gasteiger partial charge in [-0.15, -0.1) is 0 Å². The summed E-state index contributed by atoms with van der Waals surface area (Å²) in [6.45, 7) is 4.49. The molecule has 1 aromatic heterocycles. The second kappa shape index (κ2) is 8.38. The van der Waals surface area contributed by atoms with Gasteiger partial charge in [0.05, 0.1) is 19.3 Å². The van der Waals surface area contributed by atoms with Crippen molar-refractivity contribution in [2.45, 2.75) is 39.7 Å².